The predicted molar refractivity (Wildman–Crippen MR) is 68.1 cm³/mol. The van der Waals surface area contributed by atoms with Crippen molar-refractivity contribution in [2.75, 3.05) is 7.11 Å². The number of nitrogens with zero attached hydrogens (tertiary/aromatic N) is 1. The lowest BCUT2D eigenvalue weighted by molar-refractivity contribution is 0.415. The highest BCUT2D eigenvalue weighted by Gasteiger charge is 2.03. The fraction of sp³-hybridized carbons (Fsp3) is 0.0714. The number of fused-ring (bicyclic) bond motifs is 1. The van der Waals surface area contributed by atoms with Crippen LogP contribution in [0.25, 0.3) is 22.2 Å². The minimum absolute atomic E-state index is 0.858. The smallest absolute Gasteiger partial charge is 0.120 e. The Morgan fingerprint density at radius 3 is 2.88 bits per heavy atom. The number of nitrogens with one attached hydrogen (secondary N) is 1. The number of pyridine rings is 1. The Hall–Kier alpha value is -2.29. The standard InChI is InChI=1S/C14H12N2O/c1-17-12-5-4-10-7-13(16-14(10)8-12)11-3-2-6-15-9-11/h2-9,16H,1H3. The Labute approximate surface area is 99.1 Å². The fourth-order valence-corrected chi connectivity index (χ4v) is 1.91. The van der Waals surface area contributed by atoms with Gasteiger partial charge in [-0.1, -0.05) is 0 Å². The van der Waals surface area contributed by atoms with Gasteiger partial charge in [0, 0.05) is 40.6 Å². The molecular formula is C14H12N2O. The SMILES string of the molecule is COc1ccc2cc(-c3cccnc3)[nH]c2c1. The Kier molecular flexibility index (Phi) is 2.29. The summed E-state index contributed by atoms with van der Waals surface area (Å²) in [5.74, 6) is 0.858. The molecule has 17 heavy (non-hydrogen) atoms. The second-order valence-electron chi connectivity index (χ2n) is 3.88. The van der Waals surface area contributed by atoms with Gasteiger partial charge in [0.25, 0.3) is 0 Å². The molecule has 0 spiro atoms. The summed E-state index contributed by atoms with van der Waals surface area (Å²) in [6.45, 7) is 0. The van der Waals surface area contributed by atoms with E-state index in [2.05, 4.69) is 16.0 Å². The van der Waals surface area contributed by atoms with Gasteiger partial charge in [0.05, 0.1) is 7.11 Å². The van der Waals surface area contributed by atoms with Gasteiger partial charge >= 0.3 is 0 Å². The van der Waals surface area contributed by atoms with Crippen LogP contribution in [0.5, 0.6) is 5.75 Å². The summed E-state index contributed by atoms with van der Waals surface area (Å²) in [5.41, 5.74) is 3.23. The van der Waals surface area contributed by atoms with Crippen LogP contribution in [0.1, 0.15) is 0 Å². The zero-order chi connectivity index (χ0) is 11.7. The molecule has 0 radical (unpaired) electrons. The molecule has 0 bridgehead atoms. The number of ether oxygens (including phenoxy) is 1. The molecule has 0 saturated heterocycles. The van der Waals surface area contributed by atoms with Gasteiger partial charge in [-0.25, -0.2) is 0 Å². The first kappa shape index (κ1) is 9.90. The molecule has 84 valence electrons. The van der Waals surface area contributed by atoms with Crippen molar-refractivity contribution in [2.24, 2.45) is 0 Å². The van der Waals surface area contributed by atoms with Crippen LogP contribution in [0.4, 0.5) is 0 Å². The molecule has 0 amide bonds. The Balaban J connectivity index is 2.14. The molecule has 0 atom stereocenters. The van der Waals surface area contributed by atoms with E-state index in [1.807, 2.05) is 36.5 Å². The van der Waals surface area contributed by atoms with E-state index in [4.69, 9.17) is 4.74 Å². The van der Waals surface area contributed by atoms with E-state index in [1.54, 1.807) is 13.3 Å². The number of benzene rings is 1. The lowest BCUT2D eigenvalue weighted by atomic mass is 10.2. The van der Waals surface area contributed by atoms with Gasteiger partial charge in [-0.15, -0.1) is 0 Å². The van der Waals surface area contributed by atoms with Gasteiger partial charge in [-0.05, 0) is 30.3 Å². The molecule has 3 rings (SSSR count). The minimum Gasteiger partial charge on any atom is -0.497 e. The highest BCUT2D eigenvalue weighted by Crippen LogP contribution is 2.26. The van der Waals surface area contributed by atoms with Gasteiger partial charge in [-0.2, -0.15) is 0 Å². The maximum Gasteiger partial charge on any atom is 0.120 e. The van der Waals surface area contributed by atoms with Crippen LogP contribution in [0.2, 0.25) is 0 Å². The monoisotopic (exact) mass is 224 g/mol. The lowest BCUT2D eigenvalue weighted by Crippen LogP contribution is -1.81. The number of methoxy groups -OCH3 is 1. The summed E-state index contributed by atoms with van der Waals surface area (Å²) in [6.07, 6.45) is 3.62. The molecule has 3 heteroatoms. The highest BCUT2D eigenvalue weighted by atomic mass is 16.5. The van der Waals surface area contributed by atoms with Crippen molar-refractivity contribution in [3.05, 3.63) is 48.8 Å². The van der Waals surface area contributed by atoms with E-state index in [0.29, 0.717) is 0 Å². The van der Waals surface area contributed by atoms with Crippen molar-refractivity contribution in [3.8, 4) is 17.0 Å². The van der Waals surface area contributed by atoms with Crippen molar-refractivity contribution < 1.29 is 4.74 Å². The van der Waals surface area contributed by atoms with Gasteiger partial charge < -0.3 is 9.72 Å². The topological polar surface area (TPSA) is 37.9 Å². The van der Waals surface area contributed by atoms with Crippen molar-refractivity contribution in [2.45, 2.75) is 0 Å². The highest BCUT2D eigenvalue weighted by molar-refractivity contribution is 5.86. The van der Waals surface area contributed by atoms with E-state index in [-0.39, 0.29) is 0 Å². The third-order valence-corrected chi connectivity index (χ3v) is 2.80. The molecule has 1 N–H and O–H groups in total. The van der Waals surface area contributed by atoms with Crippen molar-refractivity contribution in [3.63, 3.8) is 0 Å². The summed E-state index contributed by atoms with van der Waals surface area (Å²) in [6, 6.07) is 12.1. The quantitative estimate of drug-likeness (QED) is 0.725. The van der Waals surface area contributed by atoms with Gasteiger partial charge in [0.1, 0.15) is 5.75 Å². The molecule has 0 fully saturated rings. The van der Waals surface area contributed by atoms with Crippen LogP contribution in [0.15, 0.2) is 48.8 Å². The Morgan fingerprint density at radius 2 is 2.12 bits per heavy atom. The molecule has 3 nitrogen and oxygen atoms in total. The molecular weight excluding hydrogens is 212 g/mol. The van der Waals surface area contributed by atoms with Crippen LogP contribution in [0, 0.1) is 0 Å². The molecule has 2 heterocycles. The van der Waals surface area contributed by atoms with Gasteiger partial charge in [0.2, 0.25) is 0 Å². The van der Waals surface area contributed by atoms with Crippen LogP contribution in [0.3, 0.4) is 0 Å². The van der Waals surface area contributed by atoms with E-state index in [1.165, 1.54) is 5.39 Å². The fourth-order valence-electron chi connectivity index (χ4n) is 1.91. The minimum atomic E-state index is 0.858. The summed E-state index contributed by atoms with van der Waals surface area (Å²) in [5, 5.41) is 1.17. The normalized spacial score (nSPS) is 10.6. The number of hydrogen-bond donors (Lipinski definition) is 1. The first-order chi connectivity index (χ1) is 8.36. The largest absolute Gasteiger partial charge is 0.497 e. The third kappa shape index (κ3) is 1.76. The zero-order valence-corrected chi connectivity index (χ0v) is 9.47. The zero-order valence-electron chi connectivity index (χ0n) is 9.47. The van der Waals surface area contributed by atoms with Crippen molar-refractivity contribution in [1.29, 1.82) is 0 Å². The van der Waals surface area contributed by atoms with Crippen LogP contribution in [-0.2, 0) is 0 Å². The maximum atomic E-state index is 5.20. The molecule has 0 aliphatic rings. The molecule has 0 unspecified atom stereocenters. The second-order valence-corrected chi connectivity index (χ2v) is 3.88. The van der Waals surface area contributed by atoms with Gasteiger partial charge in [-0.3, -0.25) is 4.98 Å². The number of H-pyrrole nitrogens is 1. The lowest BCUT2D eigenvalue weighted by Gasteiger charge is -1.97. The molecule has 0 saturated carbocycles. The predicted octanol–water partition coefficient (Wildman–Crippen LogP) is 3.24. The average Bonchev–Trinajstić information content (AvgIpc) is 2.82. The van der Waals surface area contributed by atoms with E-state index in [0.717, 1.165) is 22.5 Å². The van der Waals surface area contributed by atoms with Gasteiger partial charge in [0.15, 0.2) is 0 Å². The Bertz CT molecular complexity index is 644. The van der Waals surface area contributed by atoms with Crippen LogP contribution in [-0.4, -0.2) is 17.1 Å². The number of aromatic nitrogens is 2. The van der Waals surface area contributed by atoms with E-state index < -0.39 is 0 Å². The van der Waals surface area contributed by atoms with E-state index in [9.17, 15) is 0 Å². The molecule has 1 aromatic carbocycles. The first-order valence-electron chi connectivity index (χ1n) is 5.44. The van der Waals surface area contributed by atoms with Crippen molar-refractivity contribution in [1.82, 2.24) is 9.97 Å². The van der Waals surface area contributed by atoms with Crippen molar-refractivity contribution >= 4 is 10.9 Å². The molecule has 2 aromatic heterocycles. The summed E-state index contributed by atoms with van der Waals surface area (Å²) in [7, 11) is 1.67. The summed E-state index contributed by atoms with van der Waals surface area (Å²) >= 11 is 0. The average molecular weight is 224 g/mol. The molecule has 0 aliphatic heterocycles. The Morgan fingerprint density at radius 1 is 1.18 bits per heavy atom. The molecule has 3 aromatic rings. The third-order valence-electron chi connectivity index (χ3n) is 2.80. The second kappa shape index (κ2) is 3.94. The number of rotatable bonds is 2. The number of aromatic amines is 1. The van der Waals surface area contributed by atoms with Crippen LogP contribution < -0.4 is 4.74 Å². The molecule has 0 aliphatic carbocycles. The maximum absolute atomic E-state index is 5.20. The van der Waals surface area contributed by atoms with Crippen LogP contribution >= 0.6 is 0 Å². The number of hydrogen-bond acceptors (Lipinski definition) is 2. The first-order valence-corrected chi connectivity index (χ1v) is 5.44. The van der Waals surface area contributed by atoms with E-state index >= 15 is 0 Å². The summed E-state index contributed by atoms with van der Waals surface area (Å²) < 4.78 is 5.20. The summed E-state index contributed by atoms with van der Waals surface area (Å²) in [4.78, 5) is 7.49.